The first kappa shape index (κ1) is 16.8. The van der Waals surface area contributed by atoms with Gasteiger partial charge in [0, 0.05) is 24.2 Å². The van der Waals surface area contributed by atoms with Gasteiger partial charge in [-0.25, -0.2) is 0 Å². The van der Waals surface area contributed by atoms with E-state index in [9.17, 15) is 15.0 Å². The van der Waals surface area contributed by atoms with Crippen LogP contribution in [0.3, 0.4) is 0 Å². The van der Waals surface area contributed by atoms with Crippen LogP contribution in [-0.4, -0.2) is 32.7 Å². The predicted octanol–water partition coefficient (Wildman–Crippen LogP) is 2.80. The highest BCUT2D eigenvalue weighted by atomic mass is 16.4. The van der Waals surface area contributed by atoms with Crippen LogP contribution in [0, 0.1) is 13.8 Å². The Morgan fingerprint density at radius 3 is 1.74 bits per heavy atom. The third-order valence-corrected chi connectivity index (χ3v) is 3.62. The number of carboxylic acids is 1. The number of aryl methyl sites for hydroxylation is 2. The minimum absolute atomic E-state index is 0.138. The molecule has 0 heterocycles. The van der Waals surface area contributed by atoms with Crippen LogP contribution < -0.4 is 0 Å². The number of aromatic hydroxyl groups is 2. The molecule has 5 nitrogen and oxygen atoms in total. The van der Waals surface area contributed by atoms with Gasteiger partial charge in [0.05, 0.1) is 6.54 Å². The third-order valence-electron chi connectivity index (χ3n) is 3.62. The van der Waals surface area contributed by atoms with Crippen LogP contribution in [0.25, 0.3) is 0 Å². The predicted molar refractivity (Wildman–Crippen MR) is 87.4 cm³/mol. The number of phenolic OH excluding ortho intramolecular Hbond substituents is 2. The molecule has 0 bridgehead atoms. The molecule has 23 heavy (non-hydrogen) atoms. The Bertz CT molecular complexity index is 659. The van der Waals surface area contributed by atoms with Crippen LogP contribution in [0.4, 0.5) is 0 Å². The smallest absolute Gasteiger partial charge is 0.317 e. The summed E-state index contributed by atoms with van der Waals surface area (Å²) in [6, 6.07) is 10.5. The van der Waals surface area contributed by atoms with E-state index >= 15 is 0 Å². The molecule has 2 rings (SSSR count). The lowest BCUT2D eigenvalue weighted by atomic mass is 10.1. The van der Waals surface area contributed by atoms with Gasteiger partial charge in [-0.3, -0.25) is 9.69 Å². The number of hydrogen-bond acceptors (Lipinski definition) is 4. The molecule has 0 atom stereocenters. The molecule has 3 N–H and O–H groups in total. The van der Waals surface area contributed by atoms with Crippen molar-refractivity contribution in [1.82, 2.24) is 4.90 Å². The summed E-state index contributed by atoms with van der Waals surface area (Å²) in [6.07, 6.45) is 0. The van der Waals surface area contributed by atoms with Gasteiger partial charge in [-0.1, -0.05) is 35.4 Å². The largest absolute Gasteiger partial charge is 0.508 e. The van der Waals surface area contributed by atoms with Crippen molar-refractivity contribution in [2.24, 2.45) is 0 Å². The van der Waals surface area contributed by atoms with E-state index in [0.29, 0.717) is 11.1 Å². The van der Waals surface area contributed by atoms with E-state index in [1.807, 2.05) is 26.0 Å². The number of carbonyl (C=O) groups is 1. The molecule has 122 valence electrons. The Hall–Kier alpha value is -2.53. The Morgan fingerprint density at radius 1 is 0.913 bits per heavy atom. The second kappa shape index (κ2) is 7.15. The SMILES string of the molecule is Cc1ccc(O)c(CN(CC(=O)O)Cc2cc(C)ccc2O)c1. The molecular weight excluding hydrogens is 294 g/mol. The van der Waals surface area contributed by atoms with Crippen molar-refractivity contribution in [3.05, 3.63) is 58.7 Å². The fraction of sp³-hybridized carbons (Fsp3) is 0.278. The van der Waals surface area contributed by atoms with Crippen molar-refractivity contribution in [2.45, 2.75) is 26.9 Å². The first-order valence-corrected chi connectivity index (χ1v) is 7.36. The van der Waals surface area contributed by atoms with E-state index in [4.69, 9.17) is 5.11 Å². The number of carboxylic acid groups (broad SMARTS) is 1. The molecule has 0 aliphatic rings. The van der Waals surface area contributed by atoms with E-state index in [1.54, 1.807) is 29.2 Å². The van der Waals surface area contributed by atoms with Gasteiger partial charge < -0.3 is 15.3 Å². The molecule has 0 aliphatic heterocycles. The highest BCUT2D eigenvalue weighted by Crippen LogP contribution is 2.24. The van der Waals surface area contributed by atoms with E-state index in [0.717, 1.165) is 11.1 Å². The molecule has 0 fully saturated rings. The molecule has 0 radical (unpaired) electrons. The Labute approximate surface area is 135 Å². The summed E-state index contributed by atoms with van der Waals surface area (Å²) in [5.74, 6) is -0.678. The summed E-state index contributed by atoms with van der Waals surface area (Å²) in [7, 11) is 0. The summed E-state index contributed by atoms with van der Waals surface area (Å²) in [5.41, 5.74) is 3.31. The quantitative estimate of drug-likeness (QED) is 0.764. The van der Waals surface area contributed by atoms with Gasteiger partial charge in [0.2, 0.25) is 0 Å². The molecule has 0 unspecified atom stereocenters. The van der Waals surface area contributed by atoms with Crippen molar-refractivity contribution in [3.63, 3.8) is 0 Å². The van der Waals surface area contributed by atoms with Gasteiger partial charge in [0.25, 0.3) is 0 Å². The first-order chi connectivity index (χ1) is 10.8. The molecule has 2 aromatic carbocycles. The lowest BCUT2D eigenvalue weighted by Gasteiger charge is -2.22. The standard InChI is InChI=1S/C18H21NO4/c1-12-3-5-16(20)14(7-12)9-19(11-18(22)23)10-15-8-13(2)4-6-17(15)21/h3-8,20-21H,9-11H2,1-2H3,(H,22,23). The van der Waals surface area contributed by atoms with E-state index in [1.165, 1.54) is 0 Å². The minimum Gasteiger partial charge on any atom is -0.508 e. The van der Waals surface area contributed by atoms with E-state index in [-0.39, 0.29) is 31.1 Å². The zero-order valence-corrected chi connectivity index (χ0v) is 13.3. The number of aliphatic carboxylic acids is 1. The summed E-state index contributed by atoms with van der Waals surface area (Å²) >= 11 is 0. The molecule has 0 spiro atoms. The molecule has 2 aromatic rings. The van der Waals surface area contributed by atoms with Crippen LogP contribution in [0.5, 0.6) is 11.5 Å². The number of benzene rings is 2. The second-order valence-electron chi connectivity index (χ2n) is 5.80. The number of phenols is 2. The molecule has 0 amide bonds. The molecule has 0 aliphatic carbocycles. The number of nitrogens with zero attached hydrogens (tertiary/aromatic N) is 1. The van der Waals surface area contributed by atoms with Crippen LogP contribution in [-0.2, 0) is 17.9 Å². The number of rotatable bonds is 6. The van der Waals surface area contributed by atoms with Crippen LogP contribution in [0.2, 0.25) is 0 Å². The zero-order valence-electron chi connectivity index (χ0n) is 13.3. The average molecular weight is 315 g/mol. The van der Waals surface area contributed by atoms with Gasteiger partial charge in [0.1, 0.15) is 11.5 Å². The maximum absolute atomic E-state index is 11.1. The van der Waals surface area contributed by atoms with Crippen molar-refractivity contribution >= 4 is 5.97 Å². The van der Waals surface area contributed by atoms with Crippen molar-refractivity contribution in [2.75, 3.05) is 6.54 Å². The van der Waals surface area contributed by atoms with E-state index in [2.05, 4.69) is 0 Å². The molecule has 0 saturated heterocycles. The maximum Gasteiger partial charge on any atom is 0.317 e. The maximum atomic E-state index is 11.1. The molecular formula is C18H21NO4. The van der Waals surface area contributed by atoms with Crippen molar-refractivity contribution in [1.29, 1.82) is 0 Å². The molecule has 0 saturated carbocycles. The monoisotopic (exact) mass is 315 g/mol. The van der Waals surface area contributed by atoms with Crippen molar-refractivity contribution in [3.8, 4) is 11.5 Å². The second-order valence-corrected chi connectivity index (χ2v) is 5.80. The average Bonchev–Trinajstić information content (AvgIpc) is 2.46. The molecule has 0 aromatic heterocycles. The van der Waals surface area contributed by atoms with Crippen LogP contribution >= 0.6 is 0 Å². The van der Waals surface area contributed by atoms with E-state index < -0.39 is 5.97 Å². The highest BCUT2D eigenvalue weighted by Gasteiger charge is 2.15. The van der Waals surface area contributed by atoms with Gasteiger partial charge in [0.15, 0.2) is 0 Å². The summed E-state index contributed by atoms with van der Waals surface area (Å²) < 4.78 is 0. The highest BCUT2D eigenvalue weighted by molar-refractivity contribution is 5.69. The van der Waals surface area contributed by atoms with Crippen molar-refractivity contribution < 1.29 is 20.1 Å². The zero-order chi connectivity index (χ0) is 17.0. The first-order valence-electron chi connectivity index (χ1n) is 7.36. The third kappa shape index (κ3) is 4.72. The minimum atomic E-state index is -0.954. The summed E-state index contributed by atoms with van der Waals surface area (Å²) in [5, 5.41) is 29.0. The lowest BCUT2D eigenvalue weighted by molar-refractivity contribution is -0.138. The van der Waals surface area contributed by atoms with Gasteiger partial charge in [-0.05, 0) is 26.0 Å². The fourth-order valence-electron chi connectivity index (χ4n) is 2.52. The van der Waals surface area contributed by atoms with Crippen LogP contribution in [0.15, 0.2) is 36.4 Å². The van der Waals surface area contributed by atoms with Gasteiger partial charge in [-0.15, -0.1) is 0 Å². The van der Waals surface area contributed by atoms with Crippen LogP contribution in [0.1, 0.15) is 22.3 Å². The van der Waals surface area contributed by atoms with Gasteiger partial charge in [-0.2, -0.15) is 0 Å². The molecule has 5 heteroatoms. The Morgan fingerprint density at radius 2 is 1.35 bits per heavy atom. The number of hydrogen-bond donors (Lipinski definition) is 3. The Balaban J connectivity index is 2.24. The topological polar surface area (TPSA) is 81.0 Å². The van der Waals surface area contributed by atoms with Gasteiger partial charge >= 0.3 is 5.97 Å². The fourth-order valence-corrected chi connectivity index (χ4v) is 2.52. The summed E-state index contributed by atoms with van der Waals surface area (Å²) in [6.45, 7) is 4.22. The normalized spacial score (nSPS) is 10.9. The Kier molecular flexibility index (Phi) is 5.24. The summed E-state index contributed by atoms with van der Waals surface area (Å²) in [4.78, 5) is 12.8. The lowest BCUT2D eigenvalue weighted by Crippen LogP contribution is -2.29.